The molecule has 0 saturated carbocycles. The van der Waals surface area contributed by atoms with E-state index in [-0.39, 0.29) is 12.5 Å². The summed E-state index contributed by atoms with van der Waals surface area (Å²) in [5, 5.41) is 2.82. The van der Waals surface area contributed by atoms with Crippen LogP contribution in [0.15, 0.2) is 41.0 Å². The molecule has 0 aliphatic rings. The number of carbonyl (C=O) groups excluding carboxylic acids is 1. The molecule has 0 aliphatic carbocycles. The lowest BCUT2D eigenvalue weighted by Gasteiger charge is -2.14. The van der Waals surface area contributed by atoms with Crippen molar-refractivity contribution in [2.45, 2.75) is 26.6 Å². The predicted octanol–water partition coefficient (Wildman–Crippen LogP) is 2.71. The highest BCUT2D eigenvalue weighted by atomic mass is 16.5. The SMILES string of the molecule is Cc1cc(N)ccc1NC(=O)C(C)OCc1ccco1. The van der Waals surface area contributed by atoms with E-state index in [9.17, 15) is 4.79 Å². The fourth-order valence-corrected chi connectivity index (χ4v) is 1.74. The van der Waals surface area contributed by atoms with Gasteiger partial charge in [0, 0.05) is 11.4 Å². The maximum atomic E-state index is 12.0. The van der Waals surface area contributed by atoms with E-state index < -0.39 is 6.10 Å². The van der Waals surface area contributed by atoms with E-state index in [0.29, 0.717) is 11.4 Å². The fraction of sp³-hybridized carbons (Fsp3) is 0.267. The van der Waals surface area contributed by atoms with Crippen molar-refractivity contribution in [2.24, 2.45) is 0 Å². The summed E-state index contributed by atoms with van der Waals surface area (Å²) in [6.07, 6.45) is 0.998. The Morgan fingerprint density at radius 2 is 2.25 bits per heavy atom. The van der Waals surface area contributed by atoms with Crippen molar-refractivity contribution in [1.29, 1.82) is 0 Å². The minimum absolute atomic E-state index is 0.204. The minimum Gasteiger partial charge on any atom is -0.467 e. The fourth-order valence-electron chi connectivity index (χ4n) is 1.74. The zero-order valence-electron chi connectivity index (χ0n) is 11.6. The van der Waals surface area contributed by atoms with Crippen molar-refractivity contribution in [3.63, 3.8) is 0 Å². The van der Waals surface area contributed by atoms with Gasteiger partial charge < -0.3 is 20.2 Å². The van der Waals surface area contributed by atoms with Gasteiger partial charge in [-0.25, -0.2) is 0 Å². The van der Waals surface area contributed by atoms with Crippen molar-refractivity contribution in [3.05, 3.63) is 47.9 Å². The number of furan rings is 1. The molecule has 2 rings (SSSR count). The van der Waals surface area contributed by atoms with Crippen LogP contribution in [0.4, 0.5) is 11.4 Å². The first-order valence-corrected chi connectivity index (χ1v) is 6.37. The van der Waals surface area contributed by atoms with Gasteiger partial charge in [-0.15, -0.1) is 0 Å². The lowest BCUT2D eigenvalue weighted by molar-refractivity contribution is -0.127. The largest absolute Gasteiger partial charge is 0.467 e. The molecule has 0 spiro atoms. The molecule has 2 aromatic rings. The molecule has 1 atom stereocenters. The summed E-state index contributed by atoms with van der Waals surface area (Å²) in [5.41, 5.74) is 7.99. The van der Waals surface area contributed by atoms with Gasteiger partial charge in [-0.3, -0.25) is 4.79 Å². The Hall–Kier alpha value is -2.27. The summed E-state index contributed by atoms with van der Waals surface area (Å²) in [5.74, 6) is 0.484. The summed E-state index contributed by atoms with van der Waals surface area (Å²) in [7, 11) is 0. The van der Waals surface area contributed by atoms with Crippen LogP contribution in [-0.4, -0.2) is 12.0 Å². The number of nitrogens with two attached hydrogens (primary N) is 1. The number of hydrogen-bond donors (Lipinski definition) is 2. The van der Waals surface area contributed by atoms with Crippen molar-refractivity contribution < 1.29 is 13.9 Å². The van der Waals surface area contributed by atoms with E-state index in [0.717, 1.165) is 11.3 Å². The zero-order valence-corrected chi connectivity index (χ0v) is 11.6. The predicted molar refractivity (Wildman–Crippen MR) is 77.2 cm³/mol. The maximum absolute atomic E-state index is 12.0. The summed E-state index contributed by atoms with van der Waals surface area (Å²) in [4.78, 5) is 12.0. The molecule has 1 amide bonds. The van der Waals surface area contributed by atoms with Gasteiger partial charge in [-0.2, -0.15) is 0 Å². The molecule has 3 N–H and O–H groups in total. The Kier molecular flexibility index (Phi) is 4.42. The molecule has 20 heavy (non-hydrogen) atoms. The van der Waals surface area contributed by atoms with E-state index >= 15 is 0 Å². The second kappa shape index (κ2) is 6.25. The summed E-state index contributed by atoms with van der Waals surface area (Å²) >= 11 is 0. The Labute approximate surface area is 117 Å². The monoisotopic (exact) mass is 274 g/mol. The molecular formula is C15H18N2O3. The first-order chi connectivity index (χ1) is 9.56. The molecule has 0 aliphatic heterocycles. The van der Waals surface area contributed by atoms with E-state index in [2.05, 4.69) is 5.32 Å². The van der Waals surface area contributed by atoms with Crippen molar-refractivity contribution in [1.82, 2.24) is 0 Å². The van der Waals surface area contributed by atoms with Gasteiger partial charge >= 0.3 is 0 Å². The molecule has 0 fully saturated rings. The summed E-state index contributed by atoms with van der Waals surface area (Å²) in [6, 6.07) is 8.92. The van der Waals surface area contributed by atoms with Crippen molar-refractivity contribution in [2.75, 3.05) is 11.1 Å². The number of hydrogen-bond acceptors (Lipinski definition) is 4. The highest BCUT2D eigenvalue weighted by molar-refractivity contribution is 5.94. The Balaban J connectivity index is 1.90. The maximum Gasteiger partial charge on any atom is 0.253 e. The van der Waals surface area contributed by atoms with Crippen LogP contribution in [0, 0.1) is 6.92 Å². The number of amides is 1. The van der Waals surface area contributed by atoms with Gasteiger partial charge in [0.1, 0.15) is 18.5 Å². The van der Waals surface area contributed by atoms with Crippen LogP contribution >= 0.6 is 0 Å². The van der Waals surface area contributed by atoms with Gasteiger partial charge in [0.25, 0.3) is 5.91 Å². The lowest BCUT2D eigenvalue weighted by Crippen LogP contribution is -2.27. The van der Waals surface area contributed by atoms with Crippen molar-refractivity contribution in [3.8, 4) is 0 Å². The third-order valence-electron chi connectivity index (χ3n) is 2.93. The van der Waals surface area contributed by atoms with Crippen LogP contribution in [0.5, 0.6) is 0 Å². The molecule has 1 unspecified atom stereocenters. The van der Waals surface area contributed by atoms with Crippen LogP contribution in [0.2, 0.25) is 0 Å². The number of nitrogens with one attached hydrogen (secondary N) is 1. The number of aryl methyl sites for hydroxylation is 1. The van der Waals surface area contributed by atoms with Crippen LogP contribution in [0.25, 0.3) is 0 Å². The van der Waals surface area contributed by atoms with Gasteiger partial charge in [0.05, 0.1) is 6.26 Å². The van der Waals surface area contributed by atoms with Crippen LogP contribution in [0.1, 0.15) is 18.2 Å². The smallest absolute Gasteiger partial charge is 0.253 e. The minimum atomic E-state index is -0.572. The van der Waals surface area contributed by atoms with Gasteiger partial charge in [0.15, 0.2) is 0 Å². The van der Waals surface area contributed by atoms with E-state index in [1.165, 1.54) is 0 Å². The van der Waals surface area contributed by atoms with Crippen LogP contribution in [-0.2, 0) is 16.1 Å². The molecule has 106 valence electrons. The second-order valence-corrected chi connectivity index (χ2v) is 4.60. The van der Waals surface area contributed by atoms with Gasteiger partial charge in [0.2, 0.25) is 0 Å². The van der Waals surface area contributed by atoms with Crippen LogP contribution in [0.3, 0.4) is 0 Å². The Bertz CT molecular complexity index is 579. The number of nitrogen functional groups attached to an aromatic ring is 1. The topological polar surface area (TPSA) is 77.5 Å². The average molecular weight is 274 g/mol. The standard InChI is InChI=1S/C15H18N2O3/c1-10-8-12(16)5-6-14(10)17-15(18)11(2)20-9-13-4-3-7-19-13/h3-8,11H,9,16H2,1-2H3,(H,17,18). The first-order valence-electron chi connectivity index (χ1n) is 6.37. The third kappa shape index (κ3) is 3.61. The van der Waals surface area contributed by atoms with Gasteiger partial charge in [-0.1, -0.05) is 0 Å². The zero-order chi connectivity index (χ0) is 14.5. The molecule has 0 bridgehead atoms. The summed E-state index contributed by atoms with van der Waals surface area (Å²) < 4.78 is 10.6. The average Bonchev–Trinajstić information content (AvgIpc) is 2.92. The highest BCUT2D eigenvalue weighted by Gasteiger charge is 2.15. The van der Waals surface area contributed by atoms with E-state index in [4.69, 9.17) is 14.9 Å². The lowest BCUT2D eigenvalue weighted by atomic mass is 10.1. The van der Waals surface area contributed by atoms with E-state index in [1.807, 2.05) is 13.0 Å². The highest BCUT2D eigenvalue weighted by Crippen LogP contribution is 2.18. The molecule has 0 radical (unpaired) electrons. The van der Waals surface area contributed by atoms with Crippen molar-refractivity contribution >= 4 is 17.3 Å². The summed E-state index contributed by atoms with van der Waals surface area (Å²) in [6.45, 7) is 3.85. The normalized spacial score (nSPS) is 12.1. The third-order valence-corrected chi connectivity index (χ3v) is 2.93. The Morgan fingerprint density at radius 3 is 2.90 bits per heavy atom. The number of rotatable bonds is 5. The molecule has 5 nitrogen and oxygen atoms in total. The Morgan fingerprint density at radius 1 is 1.45 bits per heavy atom. The molecule has 1 heterocycles. The molecule has 5 heteroatoms. The number of anilines is 2. The van der Waals surface area contributed by atoms with Crippen LogP contribution < -0.4 is 11.1 Å². The number of benzene rings is 1. The number of ether oxygens (including phenoxy) is 1. The van der Waals surface area contributed by atoms with Gasteiger partial charge in [-0.05, 0) is 49.7 Å². The molecule has 0 saturated heterocycles. The molecule has 1 aromatic carbocycles. The first kappa shape index (κ1) is 14.1. The number of carbonyl (C=O) groups is 1. The van der Waals surface area contributed by atoms with E-state index in [1.54, 1.807) is 37.5 Å². The quantitative estimate of drug-likeness (QED) is 0.822. The molecular weight excluding hydrogens is 256 g/mol. The molecule has 1 aromatic heterocycles. The second-order valence-electron chi connectivity index (χ2n) is 4.60.